The van der Waals surface area contributed by atoms with Gasteiger partial charge in [0.25, 0.3) is 0 Å². The second kappa shape index (κ2) is 9.71. The first kappa shape index (κ1) is 21.8. The van der Waals surface area contributed by atoms with Crippen LogP contribution in [0.2, 0.25) is 5.02 Å². The van der Waals surface area contributed by atoms with Gasteiger partial charge in [0, 0.05) is 37.5 Å². The first-order valence-electron chi connectivity index (χ1n) is 9.44. The van der Waals surface area contributed by atoms with Gasteiger partial charge in [-0.1, -0.05) is 35.9 Å². The lowest BCUT2D eigenvalue weighted by atomic mass is 10.1. The number of benzene rings is 2. The molecule has 1 N–H and O–H groups in total. The van der Waals surface area contributed by atoms with Crippen molar-refractivity contribution in [3.63, 3.8) is 0 Å². The topological polar surface area (TPSA) is 75.7 Å². The standard InChI is InChI=1S/C21H25ClN2O4S/c1-29(26,27)20-7-3-4-16(11-20)12-21(25)23-13-19-15-24(8-9-28-19)14-17-5-2-6-18(22)10-17/h2-7,10-11,19H,8-9,12-15H2,1H3,(H,23,25). The summed E-state index contributed by atoms with van der Waals surface area (Å²) in [6.07, 6.45) is 1.19. The highest BCUT2D eigenvalue weighted by Crippen LogP contribution is 2.15. The normalized spacial score (nSPS) is 17.8. The van der Waals surface area contributed by atoms with Gasteiger partial charge in [-0.2, -0.15) is 0 Å². The van der Waals surface area contributed by atoms with Crippen molar-refractivity contribution in [2.75, 3.05) is 32.5 Å². The molecule has 0 saturated carbocycles. The van der Waals surface area contributed by atoms with Gasteiger partial charge in [-0.3, -0.25) is 9.69 Å². The molecule has 29 heavy (non-hydrogen) atoms. The summed E-state index contributed by atoms with van der Waals surface area (Å²) < 4.78 is 29.1. The minimum atomic E-state index is -3.29. The van der Waals surface area contributed by atoms with Crippen molar-refractivity contribution in [3.05, 3.63) is 64.7 Å². The van der Waals surface area contributed by atoms with Gasteiger partial charge in [0.05, 0.1) is 24.0 Å². The maximum Gasteiger partial charge on any atom is 0.224 e. The maximum atomic E-state index is 12.3. The van der Waals surface area contributed by atoms with Gasteiger partial charge >= 0.3 is 0 Å². The fourth-order valence-electron chi connectivity index (χ4n) is 3.30. The van der Waals surface area contributed by atoms with E-state index < -0.39 is 9.84 Å². The van der Waals surface area contributed by atoms with E-state index in [2.05, 4.69) is 10.2 Å². The quantitative estimate of drug-likeness (QED) is 0.720. The van der Waals surface area contributed by atoms with Crippen LogP contribution in [0.3, 0.4) is 0 Å². The molecule has 1 atom stereocenters. The third-order valence-corrected chi connectivity index (χ3v) is 6.08. The van der Waals surface area contributed by atoms with Crippen molar-refractivity contribution in [2.24, 2.45) is 0 Å². The van der Waals surface area contributed by atoms with Crippen LogP contribution in [0.25, 0.3) is 0 Å². The van der Waals surface area contributed by atoms with Crippen LogP contribution in [-0.2, 0) is 32.3 Å². The fraction of sp³-hybridized carbons (Fsp3) is 0.381. The summed E-state index contributed by atoms with van der Waals surface area (Å²) >= 11 is 6.05. The second-order valence-corrected chi connectivity index (χ2v) is 9.71. The zero-order chi connectivity index (χ0) is 20.9. The Morgan fingerprint density at radius 2 is 1.97 bits per heavy atom. The number of halogens is 1. The van der Waals surface area contributed by atoms with Crippen LogP contribution in [0, 0.1) is 0 Å². The lowest BCUT2D eigenvalue weighted by Gasteiger charge is -2.33. The van der Waals surface area contributed by atoms with E-state index in [-0.39, 0.29) is 23.3 Å². The van der Waals surface area contributed by atoms with E-state index >= 15 is 0 Å². The molecule has 1 amide bonds. The van der Waals surface area contributed by atoms with Crippen molar-refractivity contribution in [2.45, 2.75) is 24.0 Å². The van der Waals surface area contributed by atoms with Crippen LogP contribution < -0.4 is 5.32 Å². The summed E-state index contributed by atoms with van der Waals surface area (Å²) in [5, 5.41) is 3.61. The summed E-state index contributed by atoms with van der Waals surface area (Å²) in [4.78, 5) is 14.8. The predicted octanol–water partition coefficient (Wildman–Crippen LogP) is 2.30. The molecular formula is C21H25ClN2O4S. The number of morpholine rings is 1. The number of hydrogen-bond donors (Lipinski definition) is 1. The van der Waals surface area contributed by atoms with Gasteiger partial charge in [-0.15, -0.1) is 0 Å². The number of ether oxygens (including phenoxy) is 1. The number of nitrogens with zero attached hydrogens (tertiary/aromatic N) is 1. The molecule has 2 aromatic carbocycles. The molecule has 2 aromatic rings. The summed E-state index contributed by atoms with van der Waals surface area (Å²) in [6.45, 7) is 3.35. The number of amides is 1. The van der Waals surface area contributed by atoms with Crippen molar-refractivity contribution >= 4 is 27.3 Å². The van der Waals surface area contributed by atoms with E-state index in [1.165, 1.54) is 6.07 Å². The Morgan fingerprint density at radius 3 is 2.72 bits per heavy atom. The van der Waals surface area contributed by atoms with E-state index in [1.807, 2.05) is 24.3 Å². The van der Waals surface area contributed by atoms with Crippen LogP contribution in [0.4, 0.5) is 0 Å². The van der Waals surface area contributed by atoms with Gasteiger partial charge in [0.15, 0.2) is 9.84 Å². The molecule has 0 spiro atoms. The minimum absolute atomic E-state index is 0.0887. The molecule has 8 heteroatoms. The number of sulfone groups is 1. The summed E-state index contributed by atoms with van der Waals surface area (Å²) in [5.41, 5.74) is 1.81. The molecule has 1 fully saturated rings. The van der Waals surface area contributed by atoms with Gasteiger partial charge in [-0.05, 0) is 35.4 Å². The van der Waals surface area contributed by atoms with Crippen LogP contribution in [0.15, 0.2) is 53.4 Å². The third-order valence-electron chi connectivity index (χ3n) is 4.74. The summed E-state index contributed by atoms with van der Waals surface area (Å²) in [6, 6.07) is 14.3. The van der Waals surface area contributed by atoms with Crippen molar-refractivity contribution in [1.82, 2.24) is 10.2 Å². The van der Waals surface area contributed by atoms with E-state index in [1.54, 1.807) is 18.2 Å². The van der Waals surface area contributed by atoms with Gasteiger partial charge in [0.1, 0.15) is 0 Å². The molecule has 1 heterocycles. The Balaban J connectivity index is 1.48. The first-order chi connectivity index (χ1) is 13.8. The fourth-order valence-corrected chi connectivity index (χ4v) is 4.21. The van der Waals surface area contributed by atoms with Crippen molar-refractivity contribution < 1.29 is 17.9 Å². The predicted molar refractivity (Wildman–Crippen MR) is 113 cm³/mol. The van der Waals surface area contributed by atoms with Gasteiger partial charge in [-0.25, -0.2) is 8.42 Å². The largest absolute Gasteiger partial charge is 0.374 e. The Bertz CT molecular complexity index is 965. The Kier molecular flexibility index (Phi) is 7.29. The average Bonchev–Trinajstić information content (AvgIpc) is 2.66. The Hall–Kier alpha value is -1.93. The van der Waals surface area contributed by atoms with Crippen molar-refractivity contribution in [3.8, 4) is 0 Å². The average molecular weight is 437 g/mol. The molecule has 1 aliphatic heterocycles. The summed E-state index contributed by atoms with van der Waals surface area (Å²) in [5.74, 6) is -0.161. The number of hydrogen-bond acceptors (Lipinski definition) is 5. The molecule has 0 aliphatic carbocycles. The van der Waals surface area contributed by atoms with E-state index in [0.29, 0.717) is 18.7 Å². The molecule has 0 bridgehead atoms. The molecule has 0 aromatic heterocycles. The molecule has 1 saturated heterocycles. The Morgan fingerprint density at radius 1 is 1.21 bits per heavy atom. The summed E-state index contributed by atoms with van der Waals surface area (Å²) in [7, 11) is -3.29. The molecule has 3 rings (SSSR count). The highest BCUT2D eigenvalue weighted by molar-refractivity contribution is 7.90. The van der Waals surface area contributed by atoms with Gasteiger partial charge in [0.2, 0.25) is 5.91 Å². The number of carbonyl (C=O) groups excluding carboxylic acids is 1. The van der Waals surface area contributed by atoms with Crippen molar-refractivity contribution in [1.29, 1.82) is 0 Å². The smallest absolute Gasteiger partial charge is 0.224 e. The molecule has 1 unspecified atom stereocenters. The van der Waals surface area contributed by atoms with Gasteiger partial charge < -0.3 is 10.1 Å². The SMILES string of the molecule is CS(=O)(=O)c1cccc(CC(=O)NCC2CN(Cc3cccc(Cl)c3)CCO2)c1. The number of nitrogens with one attached hydrogen (secondary N) is 1. The van der Waals surface area contributed by atoms with Crippen LogP contribution in [0.5, 0.6) is 0 Å². The molecule has 6 nitrogen and oxygen atoms in total. The van der Waals surface area contributed by atoms with E-state index in [4.69, 9.17) is 16.3 Å². The highest BCUT2D eigenvalue weighted by atomic mass is 35.5. The molecule has 0 radical (unpaired) electrons. The zero-order valence-electron chi connectivity index (χ0n) is 16.3. The molecule has 1 aliphatic rings. The van der Waals surface area contributed by atoms with Crippen LogP contribution in [0.1, 0.15) is 11.1 Å². The maximum absolute atomic E-state index is 12.3. The van der Waals surface area contributed by atoms with Crippen LogP contribution in [-0.4, -0.2) is 57.8 Å². The highest BCUT2D eigenvalue weighted by Gasteiger charge is 2.21. The van der Waals surface area contributed by atoms with E-state index in [9.17, 15) is 13.2 Å². The number of rotatable bonds is 7. The third kappa shape index (κ3) is 6.82. The lowest BCUT2D eigenvalue weighted by molar-refractivity contribution is -0.121. The first-order valence-corrected chi connectivity index (χ1v) is 11.7. The molecular weight excluding hydrogens is 412 g/mol. The lowest BCUT2D eigenvalue weighted by Crippen LogP contribution is -2.47. The number of carbonyl (C=O) groups is 1. The minimum Gasteiger partial charge on any atom is -0.374 e. The second-order valence-electron chi connectivity index (χ2n) is 7.26. The molecule has 156 valence electrons. The van der Waals surface area contributed by atoms with Crippen LogP contribution >= 0.6 is 11.6 Å². The monoisotopic (exact) mass is 436 g/mol. The Labute approximate surface area is 176 Å². The van der Waals surface area contributed by atoms with E-state index in [0.717, 1.165) is 36.5 Å². The zero-order valence-corrected chi connectivity index (χ0v) is 17.9.